The summed E-state index contributed by atoms with van der Waals surface area (Å²) in [6, 6.07) is 10.2. The van der Waals surface area contributed by atoms with Crippen LogP contribution in [-0.2, 0) is 9.84 Å². The van der Waals surface area contributed by atoms with Crippen molar-refractivity contribution in [2.75, 3.05) is 0 Å². The number of benzene rings is 4. The van der Waals surface area contributed by atoms with Crippen LogP contribution in [0, 0.1) is 58.2 Å². The summed E-state index contributed by atoms with van der Waals surface area (Å²) < 4.78 is 173. The second-order valence-corrected chi connectivity index (χ2v) is 12.3. The van der Waals surface area contributed by atoms with E-state index in [0.29, 0.717) is 12.2 Å². The molecule has 0 amide bonds. The molecule has 0 saturated carbocycles. The summed E-state index contributed by atoms with van der Waals surface area (Å²) in [6.07, 6.45) is 2.53. The van der Waals surface area contributed by atoms with Gasteiger partial charge in [-0.2, -0.15) is 0 Å². The van der Waals surface area contributed by atoms with E-state index in [1.165, 1.54) is 48.5 Å². The van der Waals surface area contributed by atoms with Crippen LogP contribution < -0.4 is 0 Å². The molecule has 45 heavy (non-hydrogen) atoms. The Bertz CT molecular complexity index is 1750. The summed E-state index contributed by atoms with van der Waals surface area (Å²) in [5, 5.41) is -5.55. The zero-order chi connectivity index (χ0) is 33.4. The maximum atomic E-state index is 15.1. The summed E-state index contributed by atoms with van der Waals surface area (Å²) in [7, 11) is -5.81. The molecule has 0 aliphatic carbocycles. The second kappa shape index (κ2) is 13.3. The Balaban J connectivity index is 2.07. The van der Waals surface area contributed by atoms with Gasteiger partial charge in [0.05, 0.1) is 11.1 Å². The fourth-order valence-corrected chi connectivity index (χ4v) is 6.42. The van der Waals surface area contributed by atoms with Crippen molar-refractivity contribution in [3.8, 4) is 0 Å². The number of hydrogen-bond donors (Lipinski definition) is 0. The van der Waals surface area contributed by atoms with Crippen molar-refractivity contribution in [1.82, 2.24) is 0 Å². The van der Waals surface area contributed by atoms with Crippen LogP contribution in [0.15, 0.2) is 60.7 Å². The topological polar surface area (TPSA) is 34.1 Å². The highest BCUT2D eigenvalue weighted by Crippen LogP contribution is 2.43. The monoisotopic (exact) mass is 698 g/mol. The molecule has 0 N–H and O–H groups in total. The van der Waals surface area contributed by atoms with E-state index in [4.69, 9.17) is 23.2 Å². The molecule has 236 valence electrons. The minimum Gasteiger partial charge on any atom is -0.227 e. The van der Waals surface area contributed by atoms with Gasteiger partial charge < -0.3 is 0 Å². The molecule has 0 aliphatic rings. The summed E-state index contributed by atoms with van der Waals surface area (Å²) in [4.78, 5) is 0. The first-order valence-electron chi connectivity index (χ1n) is 12.2. The van der Waals surface area contributed by atoms with Gasteiger partial charge in [0.2, 0.25) is 11.6 Å². The van der Waals surface area contributed by atoms with Crippen molar-refractivity contribution in [3.05, 3.63) is 151 Å². The largest absolute Gasteiger partial charge is 0.227 e. The van der Waals surface area contributed by atoms with E-state index < -0.39 is 89.6 Å². The lowest BCUT2D eigenvalue weighted by Crippen LogP contribution is -2.25. The maximum absolute atomic E-state index is 15.1. The molecule has 2 unspecified atom stereocenters. The minimum atomic E-state index is -5.81. The van der Waals surface area contributed by atoms with Crippen LogP contribution in [-0.4, -0.2) is 8.42 Å². The van der Waals surface area contributed by atoms with Gasteiger partial charge in [-0.3, -0.25) is 0 Å². The SMILES string of the molecule is O=S(=O)(C(C=Cc1ccc(Cl)cc1)c1c(F)c(F)c(F)c(F)c1F)C(C=Cc1ccc(Cl)cc1)c1c(F)c(F)c(F)c(F)c1F. The number of sulfone groups is 1. The van der Waals surface area contributed by atoms with E-state index in [-0.39, 0.29) is 21.2 Å². The third-order valence-corrected chi connectivity index (χ3v) is 9.14. The van der Waals surface area contributed by atoms with Crippen molar-refractivity contribution >= 4 is 45.2 Å². The molecule has 15 heteroatoms. The quantitative estimate of drug-likeness (QED) is 0.104. The Morgan fingerprint density at radius 1 is 0.444 bits per heavy atom. The molecule has 2 nitrogen and oxygen atoms in total. The molecule has 2 atom stereocenters. The van der Waals surface area contributed by atoms with Gasteiger partial charge in [0.15, 0.2) is 56.4 Å². The fraction of sp³-hybridized carbons (Fsp3) is 0.0667. The Kier molecular flexibility index (Phi) is 10.1. The standard InChI is InChI=1S/C30H14Cl2F10O2S/c31-15-7-1-13(2-8-15)5-11-17(19-21(33)25(37)29(41)26(38)22(19)34)45(43,44)18(12-6-14-3-9-16(32)10-4-14)20-23(35)27(39)30(42)28(40)24(20)36/h1-12,17-18H. The highest BCUT2D eigenvalue weighted by molar-refractivity contribution is 7.92. The molecule has 0 bridgehead atoms. The first kappa shape index (κ1) is 34.1. The van der Waals surface area contributed by atoms with Crippen molar-refractivity contribution < 1.29 is 52.3 Å². The third kappa shape index (κ3) is 6.61. The van der Waals surface area contributed by atoms with E-state index in [9.17, 15) is 34.8 Å². The third-order valence-electron chi connectivity index (χ3n) is 6.43. The Morgan fingerprint density at radius 2 is 0.689 bits per heavy atom. The van der Waals surface area contributed by atoms with Crippen LogP contribution in [0.3, 0.4) is 0 Å². The Labute approximate surface area is 258 Å². The lowest BCUT2D eigenvalue weighted by atomic mass is 10.1. The lowest BCUT2D eigenvalue weighted by molar-refractivity contribution is 0.369. The Hall–Kier alpha value is -3.81. The van der Waals surface area contributed by atoms with E-state index in [2.05, 4.69) is 0 Å². The molecule has 4 aromatic carbocycles. The smallest absolute Gasteiger partial charge is 0.200 e. The molecule has 4 aromatic rings. The molecule has 0 spiro atoms. The summed E-state index contributed by atoms with van der Waals surface area (Å²) in [5.74, 6) is -26.0. The van der Waals surface area contributed by atoms with E-state index in [0.717, 1.165) is 12.2 Å². The summed E-state index contributed by atoms with van der Waals surface area (Å²) >= 11 is 11.6. The van der Waals surface area contributed by atoms with Crippen molar-refractivity contribution in [1.29, 1.82) is 0 Å². The number of halogens is 12. The zero-order valence-corrected chi connectivity index (χ0v) is 24.2. The molecular weight excluding hydrogens is 685 g/mol. The van der Waals surface area contributed by atoms with Crippen molar-refractivity contribution in [3.63, 3.8) is 0 Å². The first-order valence-corrected chi connectivity index (χ1v) is 14.6. The van der Waals surface area contributed by atoms with E-state index >= 15 is 17.6 Å². The van der Waals surface area contributed by atoms with Crippen LogP contribution >= 0.6 is 23.2 Å². The van der Waals surface area contributed by atoms with Gasteiger partial charge in [-0.05, 0) is 35.4 Å². The average molecular weight is 699 g/mol. The first-order chi connectivity index (χ1) is 21.1. The van der Waals surface area contributed by atoms with Gasteiger partial charge in [0.1, 0.15) is 10.5 Å². The van der Waals surface area contributed by atoms with E-state index in [1.54, 1.807) is 0 Å². The number of rotatable bonds is 8. The molecule has 0 aliphatic heterocycles. The van der Waals surface area contributed by atoms with Crippen LogP contribution in [0.2, 0.25) is 10.0 Å². The predicted octanol–water partition coefficient (Wildman–Crippen LogP) is 10.0. The fourth-order valence-electron chi connectivity index (χ4n) is 4.19. The maximum Gasteiger partial charge on any atom is 0.200 e. The molecule has 0 aromatic heterocycles. The summed E-state index contributed by atoms with van der Waals surface area (Å²) in [5.41, 5.74) is -3.84. The van der Waals surface area contributed by atoms with Crippen LogP contribution in [0.1, 0.15) is 32.8 Å². The zero-order valence-electron chi connectivity index (χ0n) is 21.8. The van der Waals surface area contributed by atoms with Gasteiger partial charge >= 0.3 is 0 Å². The Morgan fingerprint density at radius 3 is 0.956 bits per heavy atom. The highest BCUT2D eigenvalue weighted by atomic mass is 35.5. The average Bonchev–Trinajstić information content (AvgIpc) is 3.01. The molecule has 0 heterocycles. The van der Waals surface area contributed by atoms with Gasteiger partial charge in [-0.1, -0.05) is 71.8 Å². The number of hydrogen-bond acceptors (Lipinski definition) is 2. The van der Waals surface area contributed by atoms with Gasteiger partial charge in [0, 0.05) is 10.0 Å². The lowest BCUT2D eigenvalue weighted by Gasteiger charge is -2.23. The van der Waals surface area contributed by atoms with Crippen molar-refractivity contribution in [2.45, 2.75) is 10.5 Å². The van der Waals surface area contributed by atoms with E-state index in [1.807, 2.05) is 0 Å². The minimum absolute atomic E-state index is 0.0629. The van der Waals surface area contributed by atoms with Crippen LogP contribution in [0.25, 0.3) is 12.2 Å². The van der Waals surface area contributed by atoms with Gasteiger partial charge in [-0.25, -0.2) is 52.3 Å². The van der Waals surface area contributed by atoms with Gasteiger partial charge in [0.25, 0.3) is 0 Å². The molecule has 4 rings (SSSR count). The van der Waals surface area contributed by atoms with Crippen LogP contribution in [0.4, 0.5) is 43.9 Å². The molecule has 0 radical (unpaired) electrons. The van der Waals surface area contributed by atoms with Gasteiger partial charge in [-0.15, -0.1) is 0 Å². The molecule has 0 fully saturated rings. The predicted molar refractivity (Wildman–Crippen MR) is 148 cm³/mol. The summed E-state index contributed by atoms with van der Waals surface area (Å²) in [6.45, 7) is 0. The highest BCUT2D eigenvalue weighted by Gasteiger charge is 2.43. The molecule has 0 saturated heterocycles. The van der Waals surface area contributed by atoms with Crippen LogP contribution in [0.5, 0.6) is 0 Å². The normalized spacial score (nSPS) is 13.6. The molecular formula is C30H14Cl2F10O2S. The second-order valence-electron chi connectivity index (χ2n) is 9.22. The van der Waals surface area contributed by atoms with Crippen molar-refractivity contribution in [2.24, 2.45) is 0 Å².